The van der Waals surface area contributed by atoms with E-state index >= 15 is 0 Å². The zero-order chi connectivity index (χ0) is 33.4. The minimum absolute atomic E-state index is 0.166. The van der Waals surface area contributed by atoms with Crippen LogP contribution in [0.4, 0.5) is 4.39 Å². The van der Waals surface area contributed by atoms with Crippen LogP contribution in [0, 0.1) is 0 Å². The van der Waals surface area contributed by atoms with E-state index in [9.17, 15) is 24.8 Å². The van der Waals surface area contributed by atoms with Gasteiger partial charge in [0.2, 0.25) is 0 Å². The summed E-state index contributed by atoms with van der Waals surface area (Å²) in [6, 6.07) is -0.805. The van der Waals surface area contributed by atoms with Gasteiger partial charge < -0.3 is 44.8 Å². The third kappa shape index (κ3) is 10.0. The summed E-state index contributed by atoms with van der Waals surface area (Å²) >= 11 is 2.91. The summed E-state index contributed by atoms with van der Waals surface area (Å²) in [5.74, 6) is 0. The Labute approximate surface area is 262 Å². The Bertz CT molecular complexity index is 844. The van der Waals surface area contributed by atoms with Gasteiger partial charge in [-0.15, -0.1) is 0 Å². The highest BCUT2D eigenvalue weighted by Crippen LogP contribution is 2.38. The number of hydrogen-bond acceptors (Lipinski definition) is 13. The first-order chi connectivity index (χ1) is 19.7. The van der Waals surface area contributed by atoms with Crippen LogP contribution < -0.4 is 0 Å². The molecule has 4 aliphatic rings. The lowest BCUT2D eigenvalue weighted by molar-refractivity contribution is -0.164. The number of hydrogen-bond donors (Lipinski definition) is 5. The lowest BCUT2D eigenvalue weighted by Crippen LogP contribution is -2.55. The molecule has 0 saturated carbocycles. The van der Waals surface area contributed by atoms with Gasteiger partial charge in [0.15, 0.2) is 10.3 Å². The molecule has 0 spiro atoms. The second-order valence-electron chi connectivity index (χ2n) is 13.0. The van der Waals surface area contributed by atoms with Crippen molar-refractivity contribution in [2.75, 3.05) is 42.0 Å². The van der Waals surface area contributed by atoms with Crippen LogP contribution in [0.1, 0.15) is 35.5 Å². The van der Waals surface area contributed by atoms with Crippen LogP contribution in [-0.2, 0) is 9.47 Å². The average molecular weight is 660 g/mol. The molecular weight excluding hydrogens is 604 g/mol. The van der Waals surface area contributed by atoms with Gasteiger partial charge in [0.1, 0.15) is 53.5 Å². The summed E-state index contributed by atoms with van der Waals surface area (Å²) < 4.78 is 26.7. The van der Waals surface area contributed by atoms with Crippen LogP contribution in [0.25, 0.3) is 0 Å². The van der Waals surface area contributed by atoms with Gasteiger partial charge in [-0.1, -0.05) is 70.9 Å². The van der Waals surface area contributed by atoms with E-state index in [0.29, 0.717) is 11.5 Å². The molecule has 248 valence electrons. The molecule has 0 aromatic rings. The van der Waals surface area contributed by atoms with Gasteiger partial charge in [-0.05, 0) is 11.5 Å². The lowest BCUT2D eigenvalue weighted by Gasteiger charge is -2.37. The molecule has 10 atom stereocenters. The Morgan fingerprint density at radius 2 is 1.17 bits per heavy atom. The van der Waals surface area contributed by atoms with Crippen molar-refractivity contribution in [1.29, 1.82) is 0 Å². The van der Waals surface area contributed by atoms with Crippen LogP contribution in [-0.4, -0.2) is 155 Å². The minimum Gasteiger partial charge on any atom is -0.394 e. The first kappa shape index (κ1) is 37.7. The Hall–Kier alpha value is -0.493. The lowest BCUT2D eigenvalue weighted by atomic mass is 9.97. The Morgan fingerprint density at radius 1 is 0.833 bits per heavy atom. The molecule has 2 saturated heterocycles. The molecular formula is C27H55FN4O7S2Si. The van der Waals surface area contributed by atoms with Gasteiger partial charge in [-0.3, -0.25) is 14.4 Å². The summed E-state index contributed by atoms with van der Waals surface area (Å²) in [6.45, 7) is 15.9. The quantitative estimate of drug-likeness (QED) is 0.277. The van der Waals surface area contributed by atoms with Crippen molar-refractivity contribution < 1.29 is 40.8 Å². The molecule has 2 fully saturated rings. The predicted octanol–water partition coefficient (Wildman–Crippen LogP) is 2.04. The molecule has 0 unspecified atom stereocenters. The van der Waals surface area contributed by atoms with Crippen molar-refractivity contribution in [3.63, 3.8) is 0 Å². The molecule has 0 aliphatic carbocycles. The highest BCUT2D eigenvalue weighted by Gasteiger charge is 2.49. The van der Waals surface area contributed by atoms with Gasteiger partial charge in [0.25, 0.3) is 0 Å². The van der Waals surface area contributed by atoms with Crippen LogP contribution in [0.3, 0.4) is 0 Å². The summed E-state index contributed by atoms with van der Waals surface area (Å²) in [7, 11) is 5.67. The van der Waals surface area contributed by atoms with Crippen LogP contribution in [0.2, 0.25) is 24.7 Å². The maximum absolute atomic E-state index is 9.98. The predicted molar refractivity (Wildman–Crippen MR) is 174 cm³/mol. The maximum atomic E-state index is 9.98. The number of alkyl halides is 1. The summed E-state index contributed by atoms with van der Waals surface area (Å²) in [4.78, 5) is 12.4. The fourth-order valence-corrected chi connectivity index (χ4v) is 6.08. The van der Waals surface area contributed by atoms with E-state index in [1.54, 1.807) is 0 Å². The average Bonchev–Trinajstić information content (AvgIpc) is 3.54. The van der Waals surface area contributed by atoms with Gasteiger partial charge in [-0.25, -0.2) is 0 Å². The summed E-state index contributed by atoms with van der Waals surface area (Å²) in [6.07, 6.45) is -4.07. The van der Waals surface area contributed by atoms with E-state index in [1.807, 2.05) is 44.9 Å². The smallest absolute Gasteiger partial charge is 0.161 e. The number of thioether (sulfide) groups is 2. The Balaban J connectivity index is 0.000000324. The van der Waals surface area contributed by atoms with Crippen molar-refractivity contribution in [1.82, 2.24) is 9.80 Å². The van der Waals surface area contributed by atoms with Crippen molar-refractivity contribution in [3.8, 4) is 0 Å². The number of rotatable bonds is 2. The summed E-state index contributed by atoms with van der Waals surface area (Å²) in [5, 5.41) is 50.6. The zero-order valence-electron chi connectivity index (χ0n) is 27.9. The second-order valence-corrected chi connectivity index (χ2v) is 21.1. The number of nitrogens with zero attached hydrogens (tertiary/aromatic N) is 4. The van der Waals surface area contributed by atoms with E-state index in [0.717, 1.165) is 10.3 Å². The second kappa shape index (κ2) is 16.7. The largest absolute Gasteiger partial charge is 0.394 e. The third-order valence-corrected chi connectivity index (χ3v) is 15.0. The Morgan fingerprint density at radius 3 is 1.45 bits per heavy atom. The van der Waals surface area contributed by atoms with E-state index < -0.39 is 51.8 Å². The zero-order valence-corrected chi connectivity index (χ0v) is 29.6. The van der Waals surface area contributed by atoms with Crippen molar-refractivity contribution in [2.24, 2.45) is 9.98 Å². The fourth-order valence-electron chi connectivity index (χ4n) is 3.76. The van der Waals surface area contributed by atoms with Crippen LogP contribution >= 0.6 is 23.5 Å². The highest BCUT2D eigenvalue weighted by molar-refractivity contribution is 8.14. The monoisotopic (exact) mass is 659 g/mol. The molecule has 4 heterocycles. The molecule has 4 rings (SSSR count). The van der Waals surface area contributed by atoms with Crippen LogP contribution in [0.5, 0.6) is 0 Å². The molecule has 11 nitrogen and oxygen atoms in total. The first-order valence-electron chi connectivity index (χ1n) is 14.8. The van der Waals surface area contributed by atoms with Gasteiger partial charge >= 0.3 is 0 Å². The molecule has 0 aromatic carbocycles. The molecule has 0 radical (unpaired) electrons. The number of aliphatic hydroxyl groups is 5. The normalized spacial score (nSPS) is 35.8. The maximum Gasteiger partial charge on any atom is 0.161 e. The highest BCUT2D eigenvalue weighted by atomic mass is 32.2. The van der Waals surface area contributed by atoms with E-state index in [4.69, 9.17) is 16.0 Å². The van der Waals surface area contributed by atoms with Crippen LogP contribution in [0.15, 0.2) is 9.98 Å². The molecule has 42 heavy (non-hydrogen) atoms. The van der Waals surface area contributed by atoms with Gasteiger partial charge in [0, 0.05) is 36.3 Å². The topological polar surface area (TPSA) is 151 Å². The van der Waals surface area contributed by atoms with Crippen molar-refractivity contribution >= 4 is 41.9 Å². The molecule has 0 aromatic heterocycles. The molecule has 0 amide bonds. The van der Waals surface area contributed by atoms with Gasteiger partial charge in [0.05, 0.1) is 21.2 Å². The molecule has 0 bridgehead atoms. The minimum atomic E-state index is -1.09. The van der Waals surface area contributed by atoms with E-state index in [-0.39, 0.29) is 29.6 Å². The number of aliphatic hydroxyl groups excluding tert-OH is 5. The Kier molecular flexibility index (Phi) is 15.0. The molecule has 5 N–H and O–H groups in total. The number of halogens is 1. The van der Waals surface area contributed by atoms with Gasteiger partial charge in [-0.2, -0.15) is 0 Å². The molecule has 15 heteroatoms. The number of ether oxygens (including phenoxy) is 2. The number of fused-ring (bicyclic) bond motifs is 2. The third-order valence-electron chi connectivity index (χ3n) is 7.90. The summed E-state index contributed by atoms with van der Waals surface area (Å²) in [5.41, 5.74) is -0.492. The molecule has 4 aliphatic heterocycles. The first-order valence-corrected chi connectivity index (χ1v) is 19.3. The fraction of sp³-hybridized carbons (Fsp3) is 0.926. The van der Waals surface area contributed by atoms with Crippen molar-refractivity contribution in [2.45, 2.75) is 118 Å². The van der Waals surface area contributed by atoms with E-state index in [2.05, 4.69) is 50.4 Å². The number of amidine groups is 2. The number of aliphatic imine (C=N–C) groups is 2. The van der Waals surface area contributed by atoms with E-state index in [1.165, 1.54) is 23.5 Å². The van der Waals surface area contributed by atoms with Crippen molar-refractivity contribution in [3.05, 3.63) is 0 Å². The standard InChI is InChI=1S/C10H18N2O3S.C9H16N2O4S.C7H18Si.CH3F/c1-4-5-7(13)8(14)6-9(15-5)16-10(11-6)12(2)3;1-11(2)9-10-5-7(14)6(13)4(3-12)15-8(5)16-9;1-7(2,3)8(4,5)6;1-2/h5-9,13-14H,4H2,1-3H3;4-8,12-14H,3H2,1-2H3;1-6H3;1H3/t5-,6-,7-,8-,9-;4-,5-,6-,7-,8-;;/m11../s1/i;;;1D. The SMILES string of the molecule is CC(C)(C)[Si](C)(C)C.CC[C@H]1O[C@@H]2SC(N(C)C)=N[C@@H]2[C@@H](O)[C@@H]1O.CN(C)C1=N[C@@H]2[C@@H](O)[C@H](O)[C@@H](CO)O[C@@H]2S1.[2H]CF.